The predicted molar refractivity (Wildman–Crippen MR) is 88.6 cm³/mol. The van der Waals surface area contributed by atoms with Crippen LogP contribution in [0, 0.1) is 6.92 Å². The Bertz CT molecular complexity index is 1000. The van der Waals surface area contributed by atoms with Gasteiger partial charge in [-0.05, 0) is 30.7 Å². The van der Waals surface area contributed by atoms with Crippen molar-refractivity contribution in [2.24, 2.45) is 0 Å². The molecule has 0 aliphatic carbocycles. The third-order valence-electron chi connectivity index (χ3n) is 3.23. The topological polar surface area (TPSA) is 96.4 Å². The fourth-order valence-electron chi connectivity index (χ4n) is 2.18. The second kappa shape index (κ2) is 5.64. The molecule has 0 aliphatic heterocycles. The number of carboxylic acid groups (broad SMARTS) is 1. The second-order valence-electron chi connectivity index (χ2n) is 4.87. The summed E-state index contributed by atoms with van der Waals surface area (Å²) in [7, 11) is -3.87. The minimum atomic E-state index is -3.87. The molecule has 0 bridgehead atoms. The fraction of sp³-hybridized carbons (Fsp3) is 0.0667. The molecule has 3 rings (SSSR count). The van der Waals surface area contributed by atoms with Crippen molar-refractivity contribution in [2.45, 2.75) is 11.1 Å². The van der Waals surface area contributed by atoms with E-state index >= 15 is 0 Å². The summed E-state index contributed by atoms with van der Waals surface area (Å²) >= 11 is 0.729. The van der Waals surface area contributed by atoms with Crippen molar-refractivity contribution in [1.29, 1.82) is 0 Å². The average molecular weight is 348 g/mol. The van der Waals surface area contributed by atoms with Crippen LogP contribution in [-0.4, -0.2) is 24.5 Å². The summed E-state index contributed by atoms with van der Waals surface area (Å²) < 4.78 is 27.5. The number of fused-ring (bicyclic) bond motifs is 1. The number of sulfonamides is 1. The molecular weight excluding hydrogens is 336 g/mol. The molecule has 0 radical (unpaired) electrons. The standard InChI is InChI=1S/C15H12N2O4S2/c1-9-8-12(22-14(9)15(18)19)23(20,21)17-11-6-2-4-10-5-3-7-16-13(10)11/h2-8,17H,1H3,(H,18,19). The van der Waals surface area contributed by atoms with Gasteiger partial charge in [0.15, 0.2) is 0 Å². The van der Waals surface area contributed by atoms with E-state index in [9.17, 15) is 13.2 Å². The van der Waals surface area contributed by atoms with Gasteiger partial charge >= 0.3 is 5.97 Å². The molecule has 8 heteroatoms. The van der Waals surface area contributed by atoms with E-state index in [1.54, 1.807) is 31.3 Å². The average Bonchev–Trinajstić information content (AvgIpc) is 2.90. The number of pyridine rings is 1. The van der Waals surface area contributed by atoms with Gasteiger partial charge in [0.2, 0.25) is 0 Å². The Kier molecular flexibility index (Phi) is 3.78. The Morgan fingerprint density at radius 3 is 2.70 bits per heavy atom. The number of rotatable bonds is 4. The number of para-hydroxylation sites is 1. The highest BCUT2D eigenvalue weighted by Gasteiger charge is 2.22. The smallest absolute Gasteiger partial charge is 0.346 e. The summed E-state index contributed by atoms with van der Waals surface area (Å²) in [5.74, 6) is -1.14. The number of nitrogens with zero attached hydrogens (tertiary/aromatic N) is 1. The number of hydrogen-bond donors (Lipinski definition) is 2. The summed E-state index contributed by atoms with van der Waals surface area (Å²) in [6.45, 7) is 1.57. The maximum Gasteiger partial charge on any atom is 0.346 e. The molecule has 0 amide bonds. The van der Waals surface area contributed by atoms with Crippen LogP contribution in [0.2, 0.25) is 0 Å². The molecule has 0 saturated heterocycles. The van der Waals surface area contributed by atoms with Gasteiger partial charge in [0, 0.05) is 11.6 Å². The number of aryl methyl sites for hydroxylation is 1. The van der Waals surface area contributed by atoms with Gasteiger partial charge in [-0.1, -0.05) is 18.2 Å². The van der Waals surface area contributed by atoms with Gasteiger partial charge in [0.1, 0.15) is 9.09 Å². The summed E-state index contributed by atoms with van der Waals surface area (Å²) in [6.07, 6.45) is 1.58. The van der Waals surface area contributed by atoms with E-state index in [1.165, 1.54) is 6.07 Å². The zero-order chi connectivity index (χ0) is 16.6. The Morgan fingerprint density at radius 2 is 2.00 bits per heavy atom. The molecule has 1 aromatic carbocycles. The Labute approximate surface area is 136 Å². The van der Waals surface area contributed by atoms with Gasteiger partial charge in [-0.25, -0.2) is 13.2 Å². The van der Waals surface area contributed by atoms with E-state index in [0.717, 1.165) is 16.7 Å². The highest BCUT2D eigenvalue weighted by atomic mass is 32.2. The molecule has 0 fully saturated rings. The van der Waals surface area contributed by atoms with Crippen LogP contribution in [0.3, 0.4) is 0 Å². The van der Waals surface area contributed by atoms with Crippen molar-refractivity contribution in [3.05, 3.63) is 53.0 Å². The monoisotopic (exact) mass is 348 g/mol. The van der Waals surface area contributed by atoms with E-state index in [4.69, 9.17) is 5.11 Å². The van der Waals surface area contributed by atoms with Crippen molar-refractivity contribution >= 4 is 43.9 Å². The Morgan fingerprint density at radius 1 is 1.26 bits per heavy atom. The predicted octanol–water partition coefficient (Wildman–Crippen LogP) is 3.10. The number of aromatic nitrogens is 1. The zero-order valence-electron chi connectivity index (χ0n) is 12.0. The largest absolute Gasteiger partial charge is 0.477 e. The normalized spacial score (nSPS) is 11.5. The number of thiophene rings is 1. The molecule has 0 saturated carbocycles. The fourth-order valence-corrected chi connectivity index (χ4v) is 4.62. The molecule has 23 heavy (non-hydrogen) atoms. The third kappa shape index (κ3) is 2.90. The molecule has 2 aromatic heterocycles. The van der Waals surface area contributed by atoms with Gasteiger partial charge in [-0.2, -0.15) is 0 Å². The number of hydrogen-bond acceptors (Lipinski definition) is 5. The van der Waals surface area contributed by atoms with Gasteiger partial charge in [0.25, 0.3) is 10.0 Å². The number of aromatic carboxylic acids is 1. The Hall–Kier alpha value is -2.45. The lowest BCUT2D eigenvalue weighted by atomic mass is 10.2. The van der Waals surface area contributed by atoms with E-state index in [0.29, 0.717) is 16.8 Å². The maximum absolute atomic E-state index is 12.5. The van der Waals surface area contributed by atoms with Gasteiger partial charge in [0.05, 0.1) is 11.2 Å². The van der Waals surface area contributed by atoms with E-state index in [1.807, 2.05) is 12.1 Å². The number of carboxylic acids is 1. The van der Waals surface area contributed by atoms with Crippen molar-refractivity contribution < 1.29 is 18.3 Å². The molecule has 2 heterocycles. The quantitative estimate of drug-likeness (QED) is 0.755. The van der Waals surface area contributed by atoms with Crippen LogP contribution in [0.1, 0.15) is 15.2 Å². The van der Waals surface area contributed by atoms with Crippen LogP contribution in [0.5, 0.6) is 0 Å². The lowest BCUT2D eigenvalue weighted by Crippen LogP contribution is -2.12. The second-order valence-corrected chi connectivity index (χ2v) is 7.83. The number of benzene rings is 1. The van der Waals surface area contributed by atoms with Gasteiger partial charge in [-0.15, -0.1) is 11.3 Å². The molecule has 0 aliphatic rings. The lowest BCUT2D eigenvalue weighted by Gasteiger charge is -2.08. The van der Waals surface area contributed by atoms with Crippen LogP contribution in [0.25, 0.3) is 10.9 Å². The number of nitrogens with one attached hydrogen (secondary N) is 1. The SMILES string of the molecule is Cc1cc(S(=O)(=O)Nc2cccc3cccnc23)sc1C(=O)O. The van der Waals surface area contributed by atoms with E-state index < -0.39 is 16.0 Å². The third-order valence-corrected chi connectivity index (χ3v) is 6.30. The first-order valence-corrected chi connectivity index (χ1v) is 8.89. The molecule has 0 unspecified atom stereocenters. The van der Waals surface area contributed by atoms with Crippen LogP contribution < -0.4 is 4.72 Å². The van der Waals surface area contributed by atoms with Crippen molar-refractivity contribution in [3.63, 3.8) is 0 Å². The summed E-state index contributed by atoms with van der Waals surface area (Å²) in [5.41, 5.74) is 1.30. The highest BCUT2D eigenvalue weighted by molar-refractivity contribution is 7.94. The zero-order valence-corrected chi connectivity index (χ0v) is 13.6. The van der Waals surface area contributed by atoms with Crippen LogP contribution >= 0.6 is 11.3 Å². The number of anilines is 1. The van der Waals surface area contributed by atoms with Gasteiger partial charge < -0.3 is 5.11 Å². The molecule has 2 N–H and O–H groups in total. The summed E-state index contributed by atoms with van der Waals surface area (Å²) in [6, 6.07) is 10.1. The first-order valence-electron chi connectivity index (χ1n) is 6.59. The molecule has 3 aromatic rings. The van der Waals surface area contributed by atoms with Crippen molar-refractivity contribution in [1.82, 2.24) is 4.98 Å². The Balaban J connectivity index is 2.04. The molecular formula is C15H12N2O4S2. The van der Waals surface area contributed by atoms with Crippen LogP contribution in [0.15, 0.2) is 46.8 Å². The molecule has 6 nitrogen and oxygen atoms in total. The summed E-state index contributed by atoms with van der Waals surface area (Å²) in [5, 5.41) is 9.87. The first-order chi connectivity index (χ1) is 10.9. The molecule has 0 atom stereocenters. The maximum atomic E-state index is 12.5. The molecule has 0 spiro atoms. The van der Waals surface area contributed by atoms with Crippen LogP contribution in [-0.2, 0) is 10.0 Å². The minimum Gasteiger partial charge on any atom is -0.477 e. The van der Waals surface area contributed by atoms with Crippen molar-refractivity contribution in [2.75, 3.05) is 4.72 Å². The van der Waals surface area contributed by atoms with E-state index in [-0.39, 0.29) is 9.09 Å². The van der Waals surface area contributed by atoms with Gasteiger partial charge in [-0.3, -0.25) is 9.71 Å². The first kappa shape index (κ1) is 15.4. The molecule has 118 valence electrons. The minimum absolute atomic E-state index is 0.0152. The van der Waals surface area contributed by atoms with E-state index in [2.05, 4.69) is 9.71 Å². The number of carbonyl (C=O) groups is 1. The summed E-state index contributed by atoms with van der Waals surface area (Å²) in [4.78, 5) is 15.3. The van der Waals surface area contributed by atoms with Crippen LogP contribution in [0.4, 0.5) is 5.69 Å². The lowest BCUT2D eigenvalue weighted by molar-refractivity contribution is 0.0701. The highest BCUT2D eigenvalue weighted by Crippen LogP contribution is 2.29. The van der Waals surface area contributed by atoms with Crippen molar-refractivity contribution in [3.8, 4) is 0 Å².